The molecule has 3 heterocycles. The number of urea groups is 1. The second-order valence-electron chi connectivity index (χ2n) is 5.90. The topological polar surface area (TPSA) is 150 Å². The molecule has 0 radical (unpaired) electrons. The van der Waals surface area contributed by atoms with Crippen LogP contribution in [-0.4, -0.2) is 64.0 Å². The molecule has 4 amide bonds. The number of amides is 4. The Hall–Kier alpha value is -2.64. The highest BCUT2D eigenvalue weighted by Crippen LogP contribution is 2.30. The van der Waals surface area contributed by atoms with Crippen LogP contribution in [0.1, 0.15) is 12.8 Å². The van der Waals surface area contributed by atoms with Gasteiger partial charge in [0.2, 0.25) is 0 Å². The third kappa shape index (κ3) is 3.95. The Labute approximate surface area is 148 Å². The summed E-state index contributed by atoms with van der Waals surface area (Å²) in [5, 5.41) is 0.549. The van der Waals surface area contributed by atoms with Gasteiger partial charge in [0.15, 0.2) is 0 Å². The van der Waals surface area contributed by atoms with E-state index in [9.17, 15) is 22.8 Å². The first kappa shape index (κ1) is 18.2. The molecule has 2 atom stereocenters. The van der Waals surface area contributed by atoms with E-state index < -0.39 is 40.3 Å². The van der Waals surface area contributed by atoms with Crippen molar-refractivity contribution >= 4 is 28.2 Å². The van der Waals surface area contributed by atoms with Gasteiger partial charge in [-0.25, -0.2) is 4.79 Å². The minimum absolute atomic E-state index is 0.0125. The van der Waals surface area contributed by atoms with Gasteiger partial charge in [0.1, 0.15) is 12.6 Å². The SMILES string of the molecule is O=C(Cn1cccc1)NNC(=O)[C@@H]1CC[C@@H]2CN1C(=O)N2OS(=O)(=O)O. The second kappa shape index (κ2) is 6.93. The van der Waals surface area contributed by atoms with Crippen LogP contribution in [0.15, 0.2) is 24.5 Å². The van der Waals surface area contributed by atoms with Crippen LogP contribution in [0.3, 0.4) is 0 Å². The van der Waals surface area contributed by atoms with Gasteiger partial charge >= 0.3 is 16.4 Å². The Morgan fingerprint density at radius 2 is 1.92 bits per heavy atom. The first-order valence-electron chi connectivity index (χ1n) is 7.71. The number of rotatable bonds is 5. The predicted octanol–water partition coefficient (Wildman–Crippen LogP) is -1.36. The summed E-state index contributed by atoms with van der Waals surface area (Å²) in [6.45, 7) is 0.0857. The van der Waals surface area contributed by atoms with Crippen LogP contribution in [0.25, 0.3) is 0 Å². The zero-order valence-electron chi connectivity index (χ0n) is 13.4. The Balaban J connectivity index is 1.56. The summed E-state index contributed by atoms with van der Waals surface area (Å²) in [6, 6.07) is 1.19. The van der Waals surface area contributed by atoms with Gasteiger partial charge in [-0.3, -0.25) is 25.0 Å². The quantitative estimate of drug-likeness (QED) is 0.417. The molecule has 142 valence electrons. The highest BCUT2D eigenvalue weighted by molar-refractivity contribution is 7.80. The number of hydrazine groups is 1. The van der Waals surface area contributed by atoms with E-state index in [1.54, 1.807) is 29.1 Å². The van der Waals surface area contributed by atoms with E-state index in [1.165, 1.54) is 0 Å². The summed E-state index contributed by atoms with van der Waals surface area (Å²) in [4.78, 5) is 37.4. The normalized spacial score (nSPS) is 22.4. The van der Waals surface area contributed by atoms with Crippen molar-refractivity contribution in [1.29, 1.82) is 0 Å². The van der Waals surface area contributed by atoms with Crippen molar-refractivity contribution in [3.8, 4) is 0 Å². The molecule has 0 saturated carbocycles. The number of hydrogen-bond donors (Lipinski definition) is 3. The molecule has 0 unspecified atom stereocenters. The number of carbonyl (C=O) groups excluding carboxylic acids is 3. The molecular weight excluding hydrogens is 370 g/mol. The number of fused-ring (bicyclic) bond motifs is 2. The molecule has 3 rings (SSSR count). The third-order valence-corrected chi connectivity index (χ3v) is 4.47. The molecule has 12 nitrogen and oxygen atoms in total. The molecule has 1 aromatic rings. The summed E-state index contributed by atoms with van der Waals surface area (Å²) >= 11 is 0. The molecule has 3 N–H and O–H groups in total. The van der Waals surface area contributed by atoms with Crippen molar-refractivity contribution < 1.29 is 31.6 Å². The maximum absolute atomic E-state index is 12.3. The summed E-state index contributed by atoms with van der Waals surface area (Å²) in [5.41, 5.74) is 4.52. The molecule has 2 saturated heterocycles. The van der Waals surface area contributed by atoms with E-state index in [0.717, 1.165) is 4.90 Å². The number of piperidine rings is 1. The van der Waals surface area contributed by atoms with Crippen LogP contribution >= 0.6 is 0 Å². The van der Waals surface area contributed by atoms with E-state index in [0.29, 0.717) is 11.5 Å². The molecular formula is C13H17N5O7S. The number of hydroxylamine groups is 2. The van der Waals surface area contributed by atoms with Crippen molar-refractivity contribution in [2.24, 2.45) is 0 Å². The van der Waals surface area contributed by atoms with Crippen LogP contribution in [0.4, 0.5) is 4.79 Å². The third-order valence-electron chi connectivity index (χ3n) is 4.12. The zero-order valence-corrected chi connectivity index (χ0v) is 14.3. The second-order valence-corrected chi connectivity index (χ2v) is 6.91. The van der Waals surface area contributed by atoms with Gasteiger partial charge in [0.25, 0.3) is 11.8 Å². The lowest BCUT2D eigenvalue weighted by atomic mass is 10.0. The van der Waals surface area contributed by atoms with Gasteiger partial charge in [-0.15, -0.1) is 4.28 Å². The number of carbonyl (C=O) groups is 3. The molecule has 2 aliphatic rings. The van der Waals surface area contributed by atoms with Crippen LogP contribution in [-0.2, 0) is 30.8 Å². The van der Waals surface area contributed by atoms with Gasteiger partial charge in [-0.05, 0) is 25.0 Å². The lowest BCUT2D eigenvalue weighted by molar-refractivity contribution is -0.132. The lowest BCUT2D eigenvalue weighted by Gasteiger charge is -2.29. The van der Waals surface area contributed by atoms with Crippen molar-refractivity contribution in [3.63, 3.8) is 0 Å². The number of nitrogens with one attached hydrogen (secondary N) is 2. The maximum Gasteiger partial charge on any atom is 0.418 e. The van der Waals surface area contributed by atoms with Crippen LogP contribution in [0.5, 0.6) is 0 Å². The summed E-state index contributed by atoms with van der Waals surface area (Å²) in [5.74, 6) is -1.06. The Kier molecular flexibility index (Phi) is 4.84. The Morgan fingerprint density at radius 1 is 1.23 bits per heavy atom. The van der Waals surface area contributed by atoms with Gasteiger partial charge in [-0.2, -0.15) is 13.5 Å². The van der Waals surface area contributed by atoms with Gasteiger partial charge in [0.05, 0.1) is 6.04 Å². The molecule has 2 aliphatic heterocycles. The molecule has 26 heavy (non-hydrogen) atoms. The van der Waals surface area contributed by atoms with Gasteiger partial charge < -0.3 is 9.47 Å². The van der Waals surface area contributed by atoms with Gasteiger partial charge in [-0.1, -0.05) is 0 Å². The molecule has 0 aromatic carbocycles. The summed E-state index contributed by atoms with van der Waals surface area (Å²) in [7, 11) is -4.84. The predicted molar refractivity (Wildman–Crippen MR) is 84.1 cm³/mol. The molecule has 0 spiro atoms. The lowest BCUT2D eigenvalue weighted by Crippen LogP contribution is -2.54. The zero-order chi connectivity index (χ0) is 18.9. The first-order chi connectivity index (χ1) is 12.2. The van der Waals surface area contributed by atoms with Crippen molar-refractivity contribution in [2.75, 3.05) is 6.54 Å². The Morgan fingerprint density at radius 3 is 2.58 bits per heavy atom. The van der Waals surface area contributed by atoms with Crippen LogP contribution < -0.4 is 10.9 Å². The summed E-state index contributed by atoms with van der Waals surface area (Å²) in [6.07, 6.45) is 3.93. The van der Waals surface area contributed by atoms with Crippen LogP contribution in [0, 0.1) is 0 Å². The van der Waals surface area contributed by atoms with Crippen molar-refractivity contribution in [1.82, 2.24) is 25.4 Å². The molecule has 0 aliphatic carbocycles. The van der Waals surface area contributed by atoms with E-state index >= 15 is 0 Å². The summed E-state index contributed by atoms with van der Waals surface area (Å²) < 4.78 is 36.3. The number of hydrogen-bond acceptors (Lipinski definition) is 6. The first-order valence-corrected chi connectivity index (χ1v) is 9.07. The minimum Gasteiger partial charge on any atom is -0.345 e. The van der Waals surface area contributed by atoms with E-state index in [2.05, 4.69) is 15.1 Å². The van der Waals surface area contributed by atoms with Crippen molar-refractivity contribution in [2.45, 2.75) is 31.5 Å². The molecule has 1 aromatic heterocycles. The van der Waals surface area contributed by atoms with E-state index in [4.69, 9.17) is 4.55 Å². The fourth-order valence-electron chi connectivity index (χ4n) is 3.00. The largest absolute Gasteiger partial charge is 0.418 e. The van der Waals surface area contributed by atoms with E-state index in [-0.39, 0.29) is 19.5 Å². The Bertz CT molecular complexity index is 809. The van der Waals surface area contributed by atoms with Crippen LogP contribution in [0.2, 0.25) is 0 Å². The highest BCUT2D eigenvalue weighted by Gasteiger charge is 2.49. The van der Waals surface area contributed by atoms with Gasteiger partial charge in [0, 0.05) is 18.9 Å². The smallest absolute Gasteiger partial charge is 0.345 e. The number of nitrogens with zero attached hydrogens (tertiary/aromatic N) is 3. The molecule has 13 heteroatoms. The van der Waals surface area contributed by atoms with E-state index in [1.807, 2.05) is 0 Å². The molecule has 2 bridgehead atoms. The highest BCUT2D eigenvalue weighted by atomic mass is 32.3. The fraction of sp³-hybridized carbons (Fsp3) is 0.462. The fourth-order valence-corrected chi connectivity index (χ4v) is 3.39. The number of aromatic nitrogens is 1. The average molecular weight is 387 g/mol. The monoisotopic (exact) mass is 387 g/mol. The minimum atomic E-state index is -4.84. The maximum atomic E-state index is 12.3. The average Bonchev–Trinajstić information content (AvgIpc) is 3.15. The van der Waals surface area contributed by atoms with Crippen molar-refractivity contribution in [3.05, 3.63) is 24.5 Å². The standard InChI is InChI=1S/C13H17N5O7S/c19-11(8-16-5-1-2-6-16)14-15-12(20)10-4-3-9-7-17(10)13(21)18(9)25-26(22,23)24/h1-2,5-6,9-10H,3-4,7-8H2,(H,14,19)(H,15,20)(H,22,23,24)/t9-,10+/m1/s1. The molecule has 2 fully saturated rings.